The van der Waals surface area contributed by atoms with E-state index in [1.54, 1.807) is 12.1 Å². The largest absolute Gasteiger partial charge is 0.476 e. The standard InChI is InChI=1S/C11H11ClN2O2/c1-5(2)6-3-7-9(4-8(6)12)13-14-10(7)11(15)16/h3-5H,1-2H3,(H,13,14)(H,15,16). The van der Waals surface area contributed by atoms with Crippen LogP contribution in [0.3, 0.4) is 0 Å². The van der Waals surface area contributed by atoms with Gasteiger partial charge >= 0.3 is 5.97 Å². The number of carboxylic acid groups (broad SMARTS) is 1. The number of H-pyrrole nitrogens is 1. The average Bonchev–Trinajstić information content (AvgIpc) is 2.58. The van der Waals surface area contributed by atoms with Crippen LogP contribution in [0.25, 0.3) is 10.9 Å². The Morgan fingerprint density at radius 3 is 2.75 bits per heavy atom. The molecule has 1 aromatic heterocycles. The van der Waals surface area contributed by atoms with Gasteiger partial charge in [-0.2, -0.15) is 5.10 Å². The molecule has 0 unspecified atom stereocenters. The first-order valence-corrected chi connectivity index (χ1v) is 5.29. The molecule has 0 aliphatic heterocycles. The zero-order valence-corrected chi connectivity index (χ0v) is 9.67. The van der Waals surface area contributed by atoms with E-state index in [1.165, 1.54) is 0 Å². The van der Waals surface area contributed by atoms with Crippen LogP contribution < -0.4 is 0 Å². The Labute approximate surface area is 97.2 Å². The van der Waals surface area contributed by atoms with E-state index in [4.69, 9.17) is 16.7 Å². The maximum absolute atomic E-state index is 10.9. The molecular formula is C11H11ClN2O2. The van der Waals surface area contributed by atoms with Gasteiger partial charge in [-0.1, -0.05) is 25.4 Å². The summed E-state index contributed by atoms with van der Waals surface area (Å²) in [6.07, 6.45) is 0. The summed E-state index contributed by atoms with van der Waals surface area (Å²) >= 11 is 6.09. The van der Waals surface area contributed by atoms with E-state index in [1.807, 2.05) is 13.8 Å². The van der Waals surface area contributed by atoms with Gasteiger partial charge in [0.15, 0.2) is 5.69 Å². The summed E-state index contributed by atoms with van der Waals surface area (Å²) in [4.78, 5) is 10.9. The Morgan fingerprint density at radius 1 is 1.50 bits per heavy atom. The smallest absolute Gasteiger partial charge is 0.357 e. The molecule has 0 bridgehead atoms. The van der Waals surface area contributed by atoms with E-state index >= 15 is 0 Å². The summed E-state index contributed by atoms with van der Waals surface area (Å²) in [6, 6.07) is 3.50. The molecule has 1 heterocycles. The number of carboxylic acids is 1. The van der Waals surface area contributed by atoms with Gasteiger partial charge in [-0.3, -0.25) is 5.10 Å². The van der Waals surface area contributed by atoms with Crippen LogP contribution in [0.1, 0.15) is 35.8 Å². The lowest BCUT2D eigenvalue weighted by molar-refractivity contribution is 0.0692. The van der Waals surface area contributed by atoms with Crippen LogP contribution in [0.4, 0.5) is 0 Å². The summed E-state index contributed by atoms with van der Waals surface area (Å²) in [5.74, 6) is -0.795. The zero-order chi connectivity index (χ0) is 11.9. The average molecular weight is 239 g/mol. The molecule has 16 heavy (non-hydrogen) atoms. The molecule has 2 N–H and O–H groups in total. The number of fused-ring (bicyclic) bond motifs is 1. The molecule has 5 heteroatoms. The summed E-state index contributed by atoms with van der Waals surface area (Å²) in [7, 11) is 0. The third-order valence-electron chi connectivity index (χ3n) is 2.50. The maximum atomic E-state index is 10.9. The van der Waals surface area contributed by atoms with E-state index in [2.05, 4.69) is 10.2 Å². The van der Waals surface area contributed by atoms with Crippen LogP contribution in [0, 0.1) is 0 Å². The molecule has 1 aromatic carbocycles. The van der Waals surface area contributed by atoms with Crippen molar-refractivity contribution in [1.29, 1.82) is 0 Å². The number of halogens is 1. The highest BCUT2D eigenvalue weighted by atomic mass is 35.5. The second-order valence-electron chi connectivity index (χ2n) is 3.95. The van der Waals surface area contributed by atoms with E-state index in [0.29, 0.717) is 15.9 Å². The molecule has 2 rings (SSSR count). The van der Waals surface area contributed by atoms with Crippen LogP contribution >= 0.6 is 11.6 Å². The molecular weight excluding hydrogens is 228 g/mol. The van der Waals surface area contributed by atoms with Crippen molar-refractivity contribution in [3.63, 3.8) is 0 Å². The fourth-order valence-corrected chi connectivity index (χ4v) is 2.04. The number of carbonyl (C=O) groups is 1. The van der Waals surface area contributed by atoms with Crippen molar-refractivity contribution >= 4 is 28.5 Å². The lowest BCUT2D eigenvalue weighted by atomic mass is 10.0. The zero-order valence-electron chi connectivity index (χ0n) is 8.91. The Morgan fingerprint density at radius 2 is 2.19 bits per heavy atom. The van der Waals surface area contributed by atoms with Crippen molar-refractivity contribution in [1.82, 2.24) is 10.2 Å². The van der Waals surface area contributed by atoms with Gasteiger partial charge in [0, 0.05) is 10.4 Å². The van der Waals surface area contributed by atoms with Crippen LogP contribution in [0.15, 0.2) is 12.1 Å². The Bertz CT molecular complexity index is 560. The predicted molar refractivity (Wildman–Crippen MR) is 62.2 cm³/mol. The van der Waals surface area contributed by atoms with Crippen LogP contribution in [0.2, 0.25) is 5.02 Å². The fraction of sp³-hybridized carbons (Fsp3) is 0.273. The van der Waals surface area contributed by atoms with Gasteiger partial charge in [0.05, 0.1) is 5.52 Å². The minimum Gasteiger partial charge on any atom is -0.476 e. The van der Waals surface area contributed by atoms with Crippen molar-refractivity contribution in [3.8, 4) is 0 Å². The number of benzene rings is 1. The molecule has 0 saturated carbocycles. The first-order chi connectivity index (χ1) is 7.50. The number of nitrogens with one attached hydrogen (secondary N) is 1. The fourth-order valence-electron chi connectivity index (χ4n) is 1.66. The van der Waals surface area contributed by atoms with Gasteiger partial charge in [-0.05, 0) is 23.6 Å². The molecule has 0 saturated heterocycles. The number of aromatic amines is 1. The van der Waals surface area contributed by atoms with Gasteiger partial charge in [-0.15, -0.1) is 0 Å². The SMILES string of the molecule is CC(C)c1cc2c(C(=O)O)n[nH]c2cc1Cl. The normalized spacial score (nSPS) is 11.2. The number of hydrogen-bond donors (Lipinski definition) is 2. The van der Waals surface area contributed by atoms with Gasteiger partial charge in [-0.25, -0.2) is 4.79 Å². The van der Waals surface area contributed by atoms with Crippen LogP contribution in [-0.4, -0.2) is 21.3 Å². The molecule has 0 fully saturated rings. The molecule has 4 nitrogen and oxygen atoms in total. The molecule has 0 atom stereocenters. The highest BCUT2D eigenvalue weighted by molar-refractivity contribution is 6.32. The van der Waals surface area contributed by atoms with E-state index < -0.39 is 5.97 Å². The quantitative estimate of drug-likeness (QED) is 0.845. The molecule has 0 aliphatic rings. The first-order valence-electron chi connectivity index (χ1n) is 4.91. The highest BCUT2D eigenvalue weighted by Gasteiger charge is 2.15. The second-order valence-corrected chi connectivity index (χ2v) is 4.36. The molecule has 0 amide bonds. The number of aromatic carboxylic acids is 1. The summed E-state index contributed by atoms with van der Waals surface area (Å²) in [5, 5.41) is 16.6. The van der Waals surface area contributed by atoms with Crippen molar-refractivity contribution in [2.45, 2.75) is 19.8 Å². The molecule has 84 valence electrons. The lowest BCUT2D eigenvalue weighted by Gasteiger charge is -2.07. The number of hydrogen-bond acceptors (Lipinski definition) is 2. The Hall–Kier alpha value is -1.55. The van der Waals surface area contributed by atoms with Crippen LogP contribution in [-0.2, 0) is 0 Å². The number of rotatable bonds is 2. The van der Waals surface area contributed by atoms with E-state index in [0.717, 1.165) is 5.56 Å². The molecule has 2 aromatic rings. The third kappa shape index (κ3) is 1.65. The minimum atomic E-state index is -1.04. The van der Waals surface area contributed by atoms with Gasteiger partial charge in [0.25, 0.3) is 0 Å². The first kappa shape index (κ1) is 11.0. The van der Waals surface area contributed by atoms with Crippen LogP contribution in [0.5, 0.6) is 0 Å². The molecule has 0 radical (unpaired) electrons. The van der Waals surface area contributed by atoms with E-state index in [9.17, 15) is 4.79 Å². The predicted octanol–water partition coefficient (Wildman–Crippen LogP) is 3.04. The molecule has 0 aliphatic carbocycles. The highest BCUT2D eigenvalue weighted by Crippen LogP contribution is 2.29. The lowest BCUT2D eigenvalue weighted by Crippen LogP contribution is -1.97. The van der Waals surface area contributed by atoms with E-state index in [-0.39, 0.29) is 11.6 Å². The van der Waals surface area contributed by atoms with Gasteiger partial charge in [0.1, 0.15) is 0 Å². The summed E-state index contributed by atoms with van der Waals surface area (Å²) < 4.78 is 0. The van der Waals surface area contributed by atoms with Crippen molar-refractivity contribution < 1.29 is 9.90 Å². The third-order valence-corrected chi connectivity index (χ3v) is 2.83. The van der Waals surface area contributed by atoms with Crippen molar-refractivity contribution in [3.05, 3.63) is 28.4 Å². The number of aromatic nitrogens is 2. The molecule has 0 spiro atoms. The monoisotopic (exact) mass is 238 g/mol. The summed E-state index contributed by atoms with van der Waals surface area (Å²) in [6.45, 7) is 4.02. The maximum Gasteiger partial charge on any atom is 0.357 e. The van der Waals surface area contributed by atoms with Crippen molar-refractivity contribution in [2.24, 2.45) is 0 Å². The number of nitrogens with zero attached hydrogens (tertiary/aromatic N) is 1. The van der Waals surface area contributed by atoms with Gasteiger partial charge < -0.3 is 5.11 Å². The summed E-state index contributed by atoms with van der Waals surface area (Å²) in [5.41, 5.74) is 1.61. The van der Waals surface area contributed by atoms with Gasteiger partial charge in [0.2, 0.25) is 0 Å². The Kier molecular flexibility index (Phi) is 2.59. The minimum absolute atomic E-state index is 0.0357. The topological polar surface area (TPSA) is 66.0 Å². The van der Waals surface area contributed by atoms with Crippen molar-refractivity contribution in [2.75, 3.05) is 0 Å². The second kappa shape index (κ2) is 3.79. The Balaban J connectivity index is 2.74.